The summed E-state index contributed by atoms with van der Waals surface area (Å²) in [4.78, 5) is 11.1. The van der Waals surface area contributed by atoms with Crippen molar-refractivity contribution in [3.05, 3.63) is 35.9 Å². The van der Waals surface area contributed by atoms with Crippen molar-refractivity contribution < 1.29 is 19.4 Å². The average molecular weight is 232 g/mol. The summed E-state index contributed by atoms with van der Waals surface area (Å²) in [6.45, 7) is 0. The summed E-state index contributed by atoms with van der Waals surface area (Å²) in [7, 11) is 3.02. The maximum absolute atomic E-state index is 11.1. The molecule has 4 heteroatoms. The molecule has 0 amide bonds. The summed E-state index contributed by atoms with van der Waals surface area (Å²) in [6, 6.07) is 8.74. The monoisotopic (exact) mass is 232 g/mol. The van der Waals surface area contributed by atoms with E-state index in [4.69, 9.17) is 14.6 Å². The molecular formula is C13H12O4. The van der Waals surface area contributed by atoms with Crippen LogP contribution in [0, 0.1) is 0 Å². The van der Waals surface area contributed by atoms with E-state index in [1.54, 1.807) is 19.2 Å². The lowest BCUT2D eigenvalue weighted by atomic mass is 10.0. The highest BCUT2D eigenvalue weighted by atomic mass is 16.5. The minimum Gasteiger partial charge on any atom is -0.497 e. The van der Waals surface area contributed by atoms with E-state index in [1.165, 1.54) is 13.2 Å². The van der Waals surface area contributed by atoms with Crippen LogP contribution in [0.3, 0.4) is 0 Å². The van der Waals surface area contributed by atoms with Crippen LogP contribution in [0.1, 0.15) is 10.4 Å². The van der Waals surface area contributed by atoms with Gasteiger partial charge < -0.3 is 14.6 Å². The van der Waals surface area contributed by atoms with Crippen LogP contribution in [0.25, 0.3) is 10.8 Å². The van der Waals surface area contributed by atoms with Crippen LogP contribution < -0.4 is 9.47 Å². The molecule has 0 unspecified atom stereocenters. The maximum atomic E-state index is 11.1. The number of hydrogen-bond acceptors (Lipinski definition) is 3. The van der Waals surface area contributed by atoms with Crippen molar-refractivity contribution in [2.75, 3.05) is 14.2 Å². The number of fused-ring (bicyclic) bond motifs is 1. The Labute approximate surface area is 98.4 Å². The van der Waals surface area contributed by atoms with Crippen LogP contribution in [-0.4, -0.2) is 25.3 Å². The molecule has 0 spiro atoms. The summed E-state index contributed by atoms with van der Waals surface area (Å²) in [6.07, 6.45) is 0. The predicted octanol–water partition coefficient (Wildman–Crippen LogP) is 2.56. The third kappa shape index (κ3) is 1.89. The number of benzene rings is 2. The molecular weight excluding hydrogens is 220 g/mol. The second kappa shape index (κ2) is 4.33. The van der Waals surface area contributed by atoms with Gasteiger partial charge in [-0.3, -0.25) is 0 Å². The Balaban J connectivity index is 2.78. The average Bonchev–Trinajstić information content (AvgIpc) is 2.36. The molecule has 88 valence electrons. The smallest absolute Gasteiger partial charge is 0.339 e. The summed E-state index contributed by atoms with van der Waals surface area (Å²) >= 11 is 0. The Bertz CT molecular complexity index is 575. The van der Waals surface area contributed by atoms with E-state index < -0.39 is 5.97 Å². The van der Waals surface area contributed by atoms with Crippen molar-refractivity contribution in [2.24, 2.45) is 0 Å². The molecule has 2 aromatic carbocycles. The largest absolute Gasteiger partial charge is 0.497 e. The third-order valence-electron chi connectivity index (χ3n) is 2.61. The molecule has 0 aliphatic carbocycles. The quantitative estimate of drug-likeness (QED) is 0.883. The molecule has 0 bridgehead atoms. The molecule has 0 atom stereocenters. The predicted molar refractivity (Wildman–Crippen MR) is 64.0 cm³/mol. The number of ether oxygens (including phenoxy) is 2. The van der Waals surface area contributed by atoms with E-state index in [9.17, 15) is 4.79 Å². The number of carboxylic acids is 1. The molecule has 2 rings (SSSR count). The first kappa shape index (κ1) is 11.3. The van der Waals surface area contributed by atoms with Gasteiger partial charge in [0.25, 0.3) is 0 Å². The summed E-state index contributed by atoms with van der Waals surface area (Å²) in [5, 5.41) is 10.7. The van der Waals surface area contributed by atoms with E-state index in [1.807, 2.05) is 12.1 Å². The molecule has 0 aliphatic heterocycles. The van der Waals surface area contributed by atoms with Crippen LogP contribution in [0.2, 0.25) is 0 Å². The van der Waals surface area contributed by atoms with Crippen molar-refractivity contribution in [3.8, 4) is 11.5 Å². The highest BCUT2D eigenvalue weighted by Crippen LogP contribution is 2.32. The fraction of sp³-hybridized carbons (Fsp3) is 0.154. The number of carbonyl (C=O) groups is 1. The Morgan fingerprint density at radius 3 is 2.41 bits per heavy atom. The normalized spacial score (nSPS) is 10.2. The van der Waals surface area contributed by atoms with E-state index in [-0.39, 0.29) is 5.56 Å². The molecule has 1 N–H and O–H groups in total. The van der Waals surface area contributed by atoms with Gasteiger partial charge in [-0.05, 0) is 23.6 Å². The number of aromatic carboxylic acids is 1. The van der Waals surface area contributed by atoms with Gasteiger partial charge in [0, 0.05) is 5.39 Å². The lowest BCUT2D eigenvalue weighted by Crippen LogP contribution is -2.00. The van der Waals surface area contributed by atoms with Gasteiger partial charge >= 0.3 is 5.97 Å². The topological polar surface area (TPSA) is 55.8 Å². The molecule has 0 fully saturated rings. The number of rotatable bonds is 3. The van der Waals surface area contributed by atoms with Crippen LogP contribution >= 0.6 is 0 Å². The fourth-order valence-corrected chi connectivity index (χ4v) is 1.79. The standard InChI is InChI=1S/C13H12O4/c1-16-9-5-3-8-4-6-10(13(14)15)12(17-2)11(8)7-9/h3-7H,1-2H3,(H,14,15). The van der Waals surface area contributed by atoms with E-state index in [2.05, 4.69) is 0 Å². The number of hydrogen-bond donors (Lipinski definition) is 1. The van der Waals surface area contributed by atoms with Crippen molar-refractivity contribution >= 4 is 16.7 Å². The van der Waals surface area contributed by atoms with Gasteiger partial charge in [0.2, 0.25) is 0 Å². The van der Waals surface area contributed by atoms with E-state index in [0.717, 1.165) is 10.8 Å². The SMILES string of the molecule is COc1ccc2ccc(C(=O)O)c(OC)c2c1. The first-order valence-corrected chi connectivity index (χ1v) is 5.05. The first-order valence-electron chi connectivity index (χ1n) is 5.05. The Kier molecular flexibility index (Phi) is 2.87. The summed E-state index contributed by atoms with van der Waals surface area (Å²) in [5.74, 6) is 0.0128. The molecule has 0 saturated carbocycles. The molecule has 2 aromatic rings. The lowest BCUT2D eigenvalue weighted by Gasteiger charge is -2.10. The van der Waals surface area contributed by atoms with E-state index in [0.29, 0.717) is 11.5 Å². The highest BCUT2D eigenvalue weighted by molar-refractivity contribution is 6.01. The van der Waals surface area contributed by atoms with E-state index >= 15 is 0 Å². The minimum absolute atomic E-state index is 0.147. The van der Waals surface area contributed by atoms with Crippen LogP contribution in [0.4, 0.5) is 0 Å². The number of methoxy groups -OCH3 is 2. The molecule has 0 aromatic heterocycles. The molecule has 0 aliphatic rings. The lowest BCUT2D eigenvalue weighted by molar-refractivity contribution is 0.0693. The van der Waals surface area contributed by atoms with Gasteiger partial charge in [-0.25, -0.2) is 4.79 Å². The van der Waals surface area contributed by atoms with Crippen molar-refractivity contribution in [2.45, 2.75) is 0 Å². The van der Waals surface area contributed by atoms with Crippen molar-refractivity contribution in [1.29, 1.82) is 0 Å². The Morgan fingerprint density at radius 2 is 1.82 bits per heavy atom. The highest BCUT2D eigenvalue weighted by Gasteiger charge is 2.14. The molecule has 0 heterocycles. The molecule has 0 saturated heterocycles. The van der Waals surface area contributed by atoms with Gasteiger partial charge in [0.15, 0.2) is 0 Å². The Morgan fingerprint density at radius 1 is 1.12 bits per heavy atom. The van der Waals surface area contributed by atoms with Crippen molar-refractivity contribution in [3.63, 3.8) is 0 Å². The molecule has 17 heavy (non-hydrogen) atoms. The zero-order chi connectivity index (χ0) is 12.4. The molecule has 4 nitrogen and oxygen atoms in total. The second-order valence-electron chi connectivity index (χ2n) is 3.54. The van der Waals surface area contributed by atoms with Gasteiger partial charge in [0.05, 0.1) is 14.2 Å². The first-order chi connectivity index (χ1) is 8.17. The zero-order valence-electron chi connectivity index (χ0n) is 9.56. The summed E-state index contributed by atoms with van der Waals surface area (Å²) in [5.41, 5.74) is 0.147. The van der Waals surface area contributed by atoms with Gasteiger partial charge in [0.1, 0.15) is 17.1 Å². The van der Waals surface area contributed by atoms with Crippen LogP contribution in [0.5, 0.6) is 11.5 Å². The number of carboxylic acid groups (broad SMARTS) is 1. The maximum Gasteiger partial charge on any atom is 0.339 e. The van der Waals surface area contributed by atoms with Crippen LogP contribution in [0.15, 0.2) is 30.3 Å². The summed E-state index contributed by atoms with van der Waals surface area (Å²) < 4.78 is 10.3. The second-order valence-corrected chi connectivity index (χ2v) is 3.54. The fourth-order valence-electron chi connectivity index (χ4n) is 1.79. The minimum atomic E-state index is -1.01. The van der Waals surface area contributed by atoms with Gasteiger partial charge in [-0.15, -0.1) is 0 Å². The van der Waals surface area contributed by atoms with Crippen LogP contribution in [-0.2, 0) is 0 Å². The third-order valence-corrected chi connectivity index (χ3v) is 2.61. The van der Waals surface area contributed by atoms with Gasteiger partial charge in [-0.2, -0.15) is 0 Å². The molecule has 0 radical (unpaired) electrons. The Hall–Kier alpha value is -2.23. The zero-order valence-corrected chi connectivity index (χ0v) is 9.56. The van der Waals surface area contributed by atoms with Gasteiger partial charge in [-0.1, -0.05) is 12.1 Å². The van der Waals surface area contributed by atoms with Crippen molar-refractivity contribution in [1.82, 2.24) is 0 Å².